The van der Waals surface area contributed by atoms with Crippen molar-refractivity contribution in [3.63, 3.8) is 0 Å². The summed E-state index contributed by atoms with van der Waals surface area (Å²) >= 11 is 0. The molecule has 1 saturated carbocycles. The van der Waals surface area contributed by atoms with Crippen LogP contribution in [0.2, 0.25) is 0 Å². The molecule has 2 bridgehead atoms. The van der Waals surface area contributed by atoms with Gasteiger partial charge in [-0.2, -0.15) is 0 Å². The molecule has 4 aliphatic rings. The van der Waals surface area contributed by atoms with E-state index in [9.17, 15) is 19.2 Å². The fourth-order valence-corrected chi connectivity index (χ4v) is 9.18. The summed E-state index contributed by atoms with van der Waals surface area (Å²) in [5.74, 6) is 1.59. The van der Waals surface area contributed by atoms with E-state index in [-0.39, 0.29) is 35.9 Å². The van der Waals surface area contributed by atoms with E-state index in [1.165, 1.54) is 14.2 Å². The average molecular weight is 821 g/mol. The van der Waals surface area contributed by atoms with Crippen molar-refractivity contribution in [1.82, 2.24) is 40.4 Å². The summed E-state index contributed by atoms with van der Waals surface area (Å²) in [6.07, 6.45) is 8.24. The maximum absolute atomic E-state index is 14.1. The SMILES string of the molecule is COC(=O)N[C@H]1CCCCCCOCc2[nH]c(nc2-c2ccc(-c3ccc(-c4cnc([C@@H]5CCCN5C(=O)[C@@H](NC(=O)OC)C(C)C)[nH]4)cc3)cc2)[C@@H]2C[C@H]3C[C@H]3N2C1=O. The smallest absolute Gasteiger partial charge is 0.407 e. The quantitative estimate of drug-likeness (QED) is 0.145. The number of methoxy groups -OCH3 is 2. The highest BCUT2D eigenvalue weighted by atomic mass is 16.5. The monoisotopic (exact) mass is 820 g/mol. The van der Waals surface area contributed by atoms with Gasteiger partial charge in [-0.1, -0.05) is 81.6 Å². The van der Waals surface area contributed by atoms with Crippen molar-refractivity contribution in [3.8, 4) is 33.6 Å². The molecule has 318 valence electrons. The average Bonchev–Trinajstić information content (AvgIpc) is 3.76. The maximum atomic E-state index is 14.1. The van der Waals surface area contributed by atoms with Gasteiger partial charge < -0.3 is 44.6 Å². The Labute approximate surface area is 350 Å². The topological polar surface area (TPSA) is 184 Å². The van der Waals surface area contributed by atoms with E-state index in [1.807, 2.05) is 29.8 Å². The summed E-state index contributed by atoms with van der Waals surface area (Å²) < 4.78 is 15.8. The Kier molecular flexibility index (Phi) is 12.2. The van der Waals surface area contributed by atoms with Crippen LogP contribution >= 0.6 is 0 Å². The number of carbonyl (C=O) groups excluding carboxylic acids is 4. The number of hydrogen-bond acceptors (Lipinski definition) is 9. The lowest BCUT2D eigenvalue weighted by Crippen LogP contribution is -2.51. The van der Waals surface area contributed by atoms with Crippen LogP contribution in [0.1, 0.15) is 101 Å². The number of piperidine rings is 1. The third-order valence-electron chi connectivity index (χ3n) is 12.6. The highest BCUT2D eigenvalue weighted by Gasteiger charge is 2.56. The molecule has 4 aromatic rings. The molecule has 6 atom stereocenters. The summed E-state index contributed by atoms with van der Waals surface area (Å²) in [5.41, 5.74) is 6.59. The Hall–Kier alpha value is -5.70. The molecule has 1 aliphatic carbocycles. The molecular formula is C45H56N8O7. The van der Waals surface area contributed by atoms with Crippen LogP contribution < -0.4 is 10.6 Å². The molecule has 0 unspecified atom stereocenters. The minimum Gasteiger partial charge on any atom is -0.453 e. The van der Waals surface area contributed by atoms with Crippen molar-refractivity contribution in [2.45, 2.75) is 108 Å². The van der Waals surface area contributed by atoms with Gasteiger partial charge in [0.05, 0.1) is 56.2 Å². The number of nitrogens with zero attached hydrogens (tertiary/aromatic N) is 4. The van der Waals surface area contributed by atoms with Crippen LogP contribution in [0.5, 0.6) is 0 Å². The van der Waals surface area contributed by atoms with Crippen molar-refractivity contribution in [2.24, 2.45) is 11.8 Å². The highest BCUT2D eigenvalue weighted by molar-refractivity contribution is 5.87. The summed E-state index contributed by atoms with van der Waals surface area (Å²) in [7, 11) is 2.62. The Morgan fingerprint density at radius 2 is 1.52 bits per heavy atom. The first-order chi connectivity index (χ1) is 29.1. The van der Waals surface area contributed by atoms with Crippen LogP contribution in [0.4, 0.5) is 9.59 Å². The van der Waals surface area contributed by atoms with Gasteiger partial charge in [-0.05, 0) is 67.1 Å². The fourth-order valence-electron chi connectivity index (χ4n) is 9.18. The van der Waals surface area contributed by atoms with Gasteiger partial charge in [-0.3, -0.25) is 9.59 Å². The number of alkyl carbamates (subject to hydrolysis) is 2. The molecule has 60 heavy (non-hydrogen) atoms. The van der Waals surface area contributed by atoms with Gasteiger partial charge in [0.1, 0.15) is 23.7 Å². The van der Waals surface area contributed by atoms with Crippen molar-refractivity contribution in [3.05, 3.63) is 72.1 Å². The van der Waals surface area contributed by atoms with Crippen LogP contribution in [-0.4, -0.2) is 99.2 Å². The van der Waals surface area contributed by atoms with Crippen molar-refractivity contribution in [1.29, 1.82) is 0 Å². The number of rotatable bonds is 8. The molecule has 2 aromatic heterocycles. The minimum absolute atomic E-state index is 0.0667. The van der Waals surface area contributed by atoms with Gasteiger partial charge in [0, 0.05) is 24.8 Å². The number of likely N-dealkylation sites (tertiary alicyclic amines) is 1. The second-order valence-electron chi connectivity index (χ2n) is 16.8. The third kappa shape index (κ3) is 8.63. The number of imidazole rings is 2. The first kappa shape index (κ1) is 41.1. The lowest BCUT2D eigenvalue weighted by molar-refractivity contribution is -0.136. The van der Waals surface area contributed by atoms with E-state index in [2.05, 4.69) is 69.1 Å². The summed E-state index contributed by atoms with van der Waals surface area (Å²) in [6, 6.07) is 15.0. The standard InChI is InChI=1S/C45H56N8O7/c1-26(2)38(51-45(57)59-4)43(55)52-20-9-11-35(52)40-46-24-33(47-40)29-16-12-27(13-17-29)28-14-18-30(19-15-28)39-34-25-60-21-8-6-5-7-10-32(49-44(56)58-3)42(54)53-36-22-31(36)23-37(53)41(48-34)50-39/h12-19,24,26,31-32,35-38H,5-11,20-23,25H2,1-4H3,(H,46,47)(H,48,50)(H,49,56)(H,51,57)/t31-,32+,35+,36-,37+,38+/m1/s1. The Balaban J connectivity index is 0.981. The lowest BCUT2D eigenvalue weighted by Gasteiger charge is -2.30. The molecule has 4 N–H and O–H groups in total. The Morgan fingerprint density at radius 1 is 0.817 bits per heavy atom. The van der Waals surface area contributed by atoms with E-state index in [0.717, 1.165) is 102 Å². The summed E-state index contributed by atoms with van der Waals surface area (Å²) in [4.78, 5) is 72.7. The zero-order valence-corrected chi connectivity index (χ0v) is 34.9. The zero-order valence-electron chi connectivity index (χ0n) is 34.9. The normalized spacial score (nSPS) is 23.6. The number of nitrogens with one attached hydrogen (secondary N) is 4. The Morgan fingerprint density at radius 3 is 2.23 bits per heavy atom. The fraction of sp³-hybridized carbons (Fsp3) is 0.511. The number of amides is 4. The molecule has 2 saturated heterocycles. The minimum atomic E-state index is -0.692. The van der Waals surface area contributed by atoms with Crippen molar-refractivity contribution >= 4 is 24.0 Å². The molecule has 15 nitrogen and oxygen atoms in total. The third-order valence-corrected chi connectivity index (χ3v) is 12.6. The maximum Gasteiger partial charge on any atom is 0.407 e. The van der Waals surface area contributed by atoms with E-state index >= 15 is 0 Å². The number of hydrogen-bond donors (Lipinski definition) is 4. The number of benzene rings is 2. The van der Waals surface area contributed by atoms with Crippen molar-refractivity contribution in [2.75, 3.05) is 27.4 Å². The summed E-state index contributed by atoms with van der Waals surface area (Å²) in [6.45, 7) is 5.41. The van der Waals surface area contributed by atoms with E-state index < -0.39 is 24.3 Å². The molecule has 8 rings (SSSR count). The largest absolute Gasteiger partial charge is 0.453 e. The van der Waals surface area contributed by atoms with Gasteiger partial charge in [0.15, 0.2) is 0 Å². The van der Waals surface area contributed by atoms with Gasteiger partial charge in [0.2, 0.25) is 11.8 Å². The van der Waals surface area contributed by atoms with Gasteiger partial charge in [0.25, 0.3) is 0 Å². The molecule has 15 heteroatoms. The molecule has 3 aliphatic heterocycles. The molecule has 2 aromatic carbocycles. The van der Waals surface area contributed by atoms with Crippen LogP contribution in [-0.2, 0) is 30.4 Å². The van der Waals surface area contributed by atoms with Crippen LogP contribution in [0, 0.1) is 11.8 Å². The predicted octanol–water partition coefficient (Wildman–Crippen LogP) is 7.05. The number of aromatic nitrogens is 4. The second-order valence-corrected chi connectivity index (χ2v) is 16.8. The molecule has 0 radical (unpaired) electrons. The number of carbonyl (C=O) groups is 4. The lowest BCUT2D eigenvalue weighted by atomic mass is 10.0. The van der Waals surface area contributed by atoms with Crippen LogP contribution in [0.3, 0.4) is 0 Å². The van der Waals surface area contributed by atoms with Crippen molar-refractivity contribution < 1.29 is 33.4 Å². The number of ether oxygens (including phenoxy) is 3. The van der Waals surface area contributed by atoms with Gasteiger partial charge >= 0.3 is 12.2 Å². The number of H-pyrrole nitrogens is 2. The Bertz CT molecular complexity index is 2170. The van der Waals surface area contributed by atoms with Gasteiger partial charge in [-0.25, -0.2) is 19.6 Å². The van der Waals surface area contributed by atoms with Crippen LogP contribution in [0.25, 0.3) is 33.6 Å². The second kappa shape index (κ2) is 17.9. The molecule has 0 spiro atoms. The highest BCUT2D eigenvalue weighted by Crippen LogP contribution is 2.53. The first-order valence-electron chi connectivity index (χ1n) is 21.4. The molecular weight excluding hydrogens is 765 g/mol. The van der Waals surface area contributed by atoms with Crippen LogP contribution in [0.15, 0.2) is 54.7 Å². The zero-order chi connectivity index (χ0) is 41.9. The number of fused-ring (bicyclic) bond motifs is 6. The number of aromatic amines is 2. The molecule has 4 amide bonds. The van der Waals surface area contributed by atoms with Gasteiger partial charge in [-0.15, -0.1) is 0 Å². The molecule has 3 fully saturated rings. The van der Waals surface area contributed by atoms with E-state index in [4.69, 9.17) is 24.2 Å². The van der Waals surface area contributed by atoms with E-state index in [0.29, 0.717) is 32.1 Å². The predicted molar refractivity (Wildman–Crippen MR) is 223 cm³/mol. The summed E-state index contributed by atoms with van der Waals surface area (Å²) in [5, 5.41) is 5.52. The van der Waals surface area contributed by atoms with E-state index in [1.54, 1.807) is 0 Å². The first-order valence-corrected chi connectivity index (χ1v) is 21.4. The molecule has 5 heterocycles.